The van der Waals surface area contributed by atoms with Gasteiger partial charge in [0.05, 0.1) is 18.5 Å². The van der Waals surface area contributed by atoms with Gasteiger partial charge >= 0.3 is 0 Å². The number of thiazole rings is 1. The van der Waals surface area contributed by atoms with E-state index >= 15 is 0 Å². The van der Waals surface area contributed by atoms with Crippen LogP contribution in [0.5, 0.6) is 11.5 Å². The quantitative estimate of drug-likeness (QED) is 0.409. The van der Waals surface area contributed by atoms with Crippen LogP contribution < -0.4 is 4.80 Å². The first-order chi connectivity index (χ1) is 12.6. The Hall–Kier alpha value is -3.19. The van der Waals surface area contributed by atoms with E-state index in [0.29, 0.717) is 16.9 Å². The van der Waals surface area contributed by atoms with E-state index in [1.165, 1.54) is 35.8 Å². The molecular formula is C19H16FN3O2S. The van der Waals surface area contributed by atoms with Gasteiger partial charge in [-0.2, -0.15) is 5.10 Å². The normalized spacial score (nSPS) is 12.0. The monoisotopic (exact) mass is 369 g/mol. The van der Waals surface area contributed by atoms with E-state index in [-0.39, 0.29) is 17.3 Å². The summed E-state index contributed by atoms with van der Waals surface area (Å²) in [7, 11) is 0. The van der Waals surface area contributed by atoms with Crippen molar-refractivity contribution in [3.05, 3.63) is 76.7 Å². The van der Waals surface area contributed by atoms with Crippen molar-refractivity contribution >= 4 is 17.6 Å². The third-order valence-corrected chi connectivity index (χ3v) is 4.39. The Balaban J connectivity index is 2.10. The number of aromatic hydroxyl groups is 2. The first kappa shape index (κ1) is 17.6. The van der Waals surface area contributed by atoms with Gasteiger partial charge in [-0.25, -0.2) is 9.07 Å². The zero-order valence-corrected chi connectivity index (χ0v) is 14.5. The Morgan fingerprint density at radius 1 is 1.15 bits per heavy atom. The van der Waals surface area contributed by atoms with Crippen LogP contribution in [0.25, 0.3) is 11.3 Å². The molecule has 1 aromatic heterocycles. The Morgan fingerprint density at radius 3 is 2.65 bits per heavy atom. The molecule has 0 bridgehead atoms. The van der Waals surface area contributed by atoms with E-state index in [9.17, 15) is 14.6 Å². The molecule has 5 nitrogen and oxygen atoms in total. The third-order valence-electron chi connectivity index (χ3n) is 3.54. The van der Waals surface area contributed by atoms with E-state index < -0.39 is 0 Å². The van der Waals surface area contributed by atoms with E-state index in [1.807, 2.05) is 5.38 Å². The largest absolute Gasteiger partial charge is 0.504 e. The molecule has 7 heteroatoms. The number of para-hydroxylation sites is 1. The zero-order valence-electron chi connectivity index (χ0n) is 13.7. The van der Waals surface area contributed by atoms with Gasteiger partial charge in [0.15, 0.2) is 11.5 Å². The van der Waals surface area contributed by atoms with E-state index in [2.05, 4.69) is 16.7 Å². The first-order valence-corrected chi connectivity index (χ1v) is 8.61. The Morgan fingerprint density at radius 2 is 1.92 bits per heavy atom. The molecule has 26 heavy (non-hydrogen) atoms. The summed E-state index contributed by atoms with van der Waals surface area (Å²) in [6, 6.07) is 10.7. The van der Waals surface area contributed by atoms with Gasteiger partial charge in [0.2, 0.25) is 4.80 Å². The maximum absolute atomic E-state index is 13.2. The number of phenols is 2. The van der Waals surface area contributed by atoms with Crippen LogP contribution in [0.4, 0.5) is 4.39 Å². The van der Waals surface area contributed by atoms with Crippen molar-refractivity contribution in [1.29, 1.82) is 0 Å². The number of benzene rings is 2. The smallest absolute Gasteiger partial charge is 0.206 e. The SMILES string of the molecule is C=CCN=c1scc(-c2ccc(F)cc2)n1N=Cc1cccc(O)c1O. The number of halogens is 1. The number of aromatic nitrogens is 1. The third kappa shape index (κ3) is 3.73. The van der Waals surface area contributed by atoms with Crippen molar-refractivity contribution in [2.45, 2.75) is 0 Å². The van der Waals surface area contributed by atoms with Gasteiger partial charge in [-0.1, -0.05) is 12.1 Å². The minimum atomic E-state index is -0.319. The highest BCUT2D eigenvalue weighted by Gasteiger charge is 2.08. The average Bonchev–Trinajstić information content (AvgIpc) is 3.04. The predicted molar refractivity (Wildman–Crippen MR) is 101 cm³/mol. The van der Waals surface area contributed by atoms with Crippen LogP contribution in [-0.4, -0.2) is 27.6 Å². The molecule has 0 aliphatic rings. The molecule has 0 atom stereocenters. The Bertz CT molecular complexity index is 1020. The van der Waals surface area contributed by atoms with Gasteiger partial charge in [-0.15, -0.1) is 17.9 Å². The van der Waals surface area contributed by atoms with Crippen LogP contribution >= 0.6 is 11.3 Å². The summed E-state index contributed by atoms with van der Waals surface area (Å²) in [6.45, 7) is 4.08. The van der Waals surface area contributed by atoms with Crippen molar-refractivity contribution in [1.82, 2.24) is 4.68 Å². The molecule has 2 aromatic carbocycles. The summed E-state index contributed by atoms with van der Waals surface area (Å²) in [4.78, 5) is 5.03. The summed E-state index contributed by atoms with van der Waals surface area (Å²) < 4.78 is 14.8. The minimum absolute atomic E-state index is 0.223. The summed E-state index contributed by atoms with van der Waals surface area (Å²) >= 11 is 1.39. The number of rotatable bonds is 5. The topological polar surface area (TPSA) is 70.1 Å². The maximum Gasteiger partial charge on any atom is 0.206 e. The summed E-state index contributed by atoms with van der Waals surface area (Å²) in [6.07, 6.45) is 3.11. The summed E-state index contributed by atoms with van der Waals surface area (Å²) in [5.41, 5.74) is 1.87. The molecule has 0 aliphatic carbocycles. The lowest BCUT2D eigenvalue weighted by molar-refractivity contribution is 0.403. The molecule has 0 saturated heterocycles. The molecule has 132 valence electrons. The fourth-order valence-electron chi connectivity index (χ4n) is 2.25. The molecule has 0 spiro atoms. The fraction of sp³-hybridized carbons (Fsp3) is 0.0526. The van der Waals surface area contributed by atoms with E-state index in [0.717, 1.165) is 11.3 Å². The second-order valence-corrected chi connectivity index (χ2v) is 6.15. The molecule has 2 N–H and O–H groups in total. The lowest BCUT2D eigenvalue weighted by Crippen LogP contribution is -2.12. The lowest BCUT2D eigenvalue weighted by Gasteiger charge is -2.04. The Labute approximate surface area is 153 Å². The van der Waals surface area contributed by atoms with E-state index in [4.69, 9.17) is 0 Å². The van der Waals surface area contributed by atoms with Crippen LogP contribution in [0.2, 0.25) is 0 Å². The fourth-order valence-corrected chi connectivity index (χ4v) is 3.10. The summed E-state index contributed by atoms with van der Waals surface area (Å²) in [5, 5.41) is 25.8. The standard InChI is InChI=1S/C19H16FN3O2S/c1-2-10-21-19-23(22-11-14-4-3-5-17(24)18(14)25)16(12-26-19)13-6-8-15(20)9-7-13/h2-9,11-12,24-25H,1,10H2. The van der Waals surface area contributed by atoms with E-state index in [1.54, 1.807) is 35.0 Å². The highest BCUT2D eigenvalue weighted by atomic mass is 32.1. The number of phenolic OH excluding ortho intramolecular Hbond substituents is 2. The second-order valence-electron chi connectivity index (χ2n) is 5.31. The van der Waals surface area contributed by atoms with Crippen LogP contribution in [0.1, 0.15) is 5.56 Å². The minimum Gasteiger partial charge on any atom is -0.504 e. The molecule has 0 fully saturated rings. The average molecular weight is 369 g/mol. The lowest BCUT2D eigenvalue weighted by atomic mass is 10.2. The zero-order chi connectivity index (χ0) is 18.5. The number of nitrogens with zero attached hydrogens (tertiary/aromatic N) is 3. The second kappa shape index (κ2) is 7.79. The molecule has 3 rings (SSSR count). The van der Waals surface area contributed by atoms with Crippen LogP contribution in [0, 0.1) is 5.82 Å². The van der Waals surface area contributed by atoms with Gasteiger partial charge in [-0.05, 0) is 36.4 Å². The molecule has 1 heterocycles. The van der Waals surface area contributed by atoms with Crippen LogP contribution in [0.3, 0.4) is 0 Å². The molecule has 0 saturated carbocycles. The predicted octanol–water partition coefficient (Wildman–Crippen LogP) is 3.74. The highest BCUT2D eigenvalue weighted by Crippen LogP contribution is 2.27. The number of hydrogen-bond donors (Lipinski definition) is 2. The Kier molecular flexibility index (Phi) is 5.28. The van der Waals surface area contributed by atoms with Gasteiger partial charge in [0.1, 0.15) is 5.82 Å². The van der Waals surface area contributed by atoms with Crippen LogP contribution in [-0.2, 0) is 0 Å². The van der Waals surface area contributed by atoms with Crippen molar-refractivity contribution in [3.8, 4) is 22.8 Å². The molecule has 0 unspecified atom stereocenters. The molecule has 3 aromatic rings. The molecule has 0 aliphatic heterocycles. The summed E-state index contributed by atoms with van der Waals surface area (Å²) in [5.74, 6) is -0.792. The van der Waals surface area contributed by atoms with Gasteiger partial charge in [0.25, 0.3) is 0 Å². The van der Waals surface area contributed by atoms with Gasteiger partial charge in [-0.3, -0.25) is 4.99 Å². The first-order valence-electron chi connectivity index (χ1n) is 7.73. The van der Waals surface area contributed by atoms with Crippen molar-refractivity contribution in [3.63, 3.8) is 0 Å². The van der Waals surface area contributed by atoms with Gasteiger partial charge in [0, 0.05) is 16.5 Å². The molecule has 0 radical (unpaired) electrons. The number of hydrogen-bond acceptors (Lipinski definition) is 5. The van der Waals surface area contributed by atoms with Crippen molar-refractivity contribution in [2.24, 2.45) is 10.1 Å². The van der Waals surface area contributed by atoms with Crippen LogP contribution in [0.15, 0.2) is 70.6 Å². The van der Waals surface area contributed by atoms with Crippen molar-refractivity contribution in [2.75, 3.05) is 6.54 Å². The molecule has 0 amide bonds. The maximum atomic E-state index is 13.2. The molecular weight excluding hydrogens is 353 g/mol. The van der Waals surface area contributed by atoms with Crippen molar-refractivity contribution < 1.29 is 14.6 Å². The highest BCUT2D eigenvalue weighted by molar-refractivity contribution is 7.07. The van der Waals surface area contributed by atoms with Gasteiger partial charge < -0.3 is 10.2 Å².